The Labute approximate surface area is 179 Å². The van der Waals surface area contributed by atoms with Crippen LogP contribution in [0.1, 0.15) is 10.4 Å². The fourth-order valence-corrected chi connectivity index (χ4v) is 4.12. The van der Waals surface area contributed by atoms with Gasteiger partial charge in [-0.25, -0.2) is 9.78 Å². The molecule has 1 amide bonds. The molecule has 0 spiro atoms. The van der Waals surface area contributed by atoms with Gasteiger partial charge < -0.3 is 10.4 Å². The number of hydrogen-bond donors (Lipinski definition) is 2. The van der Waals surface area contributed by atoms with E-state index in [1.807, 2.05) is 6.07 Å². The molecule has 4 rings (SSSR count). The molecule has 2 N–H and O–H groups in total. The van der Waals surface area contributed by atoms with E-state index in [0.717, 1.165) is 11.3 Å². The van der Waals surface area contributed by atoms with Crippen LogP contribution in [0.5, 0.6) is 0 Å². The van der Waals surface area contributed by atoms with E-state index in [4.69, 9.17) is 11.6 Å². The molecule has 4 aromatic rings. The van der Waals surface area contributed by atoms with E-state index in [9.17, 15) is 19.5 Å². The monoisotopic (exact) mass is 439 g/mol. The number of aromatic carboxylic acids is 1. The summed E-state index contributed by atoms with van der Waals surface area (Å²) in [6.45, 7) is -0.355. The molecule has 2 heterocycles. The number of rotatable bonds is 5. The summed E-state index contributed by atoms with van der Waals surface area (Å²) in [7, 11) is 0. The molecule has 0 saturated carbocycles. The predicted molar refractivity (Wildman–Crippen MR) is 116 cm³/mol. The van der Waals surface area contributed by atoms with Crippen molar-refractivity contribution >= 4 is 50.7 Å². The highest BCUT2D eigenvalue weighted by atomic mass is 35.5. The summed E-state index contributed by atoms with van der Waals surface area (Å²) in [5.74, 6) is -1.43. The third-order valence-electron chi connectivity index (χ3n) is 4.41. The number of carboxylic acids is 1. The van der Waals surface area contributed by atoms with Gasteiger partial charge >= 0.3 is 5.97 Å². The summed E-state index contributed by atoms with van der Waals surface area (Å²) in [4.78, 5) is 42.3. The van der Waals surface area contributed by atoms with Crippen molar-refractivity contribution in [1.29, 1.82) is 0 Å². The van der Waals surface area contributed by atoms with E-state index in [-0.39, 0.29) is 23.3 Å². The van der Waals surface area contributed by atoms with E-state index in [2.05, 4.69) is 10.3 Å². The van der Waals surface area contributed by atoms with Crippen LogP contribution in [0, 0.1) is 0 Å². The summed E-state index contributed by atoms with van der Waals surface area (Å²) < 4.78 is 1.18. The number of benzene rings is 2. The summed E-state index contributed by atoms with van der Waals surface area (Å²) in [6, 6.07) is 15.7. The highest BCUT2D eigenvalue weighted by Crippen LogP contribution is 2.26. The molecule has 0 unspecified atom stereocenters. The number of amides is 1. The maximum Gasteiger partial charge on any atom is 0.337 e. The number of hydrogen-bond acceptors (Lipinski definition) is 5. The van der Waals surface area contributed by atoms with Gasteiger partial charge in [0.2, 0.25) is 5.91 Å². The zero-order valence-corrected chi connectivity index (χ0v) is 16.9. The minimum atomic E-state index is -1.22. The highest BCUT2D eigenvalue weighted by Gasteiger charge is 2.21. The van der Waals surface area contributed by atoms with Crippen molar-refractivity contribution in [3.05, 3.63) is 80.9 Å². The molecule has 0 atom stereocenters. The average molecular weight is 440 g/mol. The summed E-state index contributed by atoms with van der Waals surface area (Å²) >= 11 is 7.16. The summed E-state index contributed by atoms with van der Waals surface area (Å²) in [5, 5.41) is 13.8. The lowest BCUT2D eigenvalue weighted by molar-refractivity contribution is -0.116. The molecule has 0 aliphatic rings. The number of aromatic nitrogens is 2. The van der Waals surface area contributed by atoms with Crippen molar-refractivity contribution in [3.63, 3.8) is 0 Å². The number of para-hydroxylation sites is 1. The number of nitrogens with one attached hydrogen (secondary N) is 1. The maximum atomic E-state index is 13.2. The van der Waals surface area contributed by atoms with E-state index in [1.54, 1.807) is 48.5 Å². The van der Waals surface area contributed by atoms with Gasteiger partial charge in [-0.1, -0.05) is 54.1 Å². The predicted octanol–water partition coefficient (Wildman–Crippen LogP) is 4.12. The second-order valence-electron chi connectivity index (χ2n) is 6.36. The van der Waals surface area contributed by atoms with E-state index in [0.29, 0.717) is 21.1 Å². The third-order valence-corrected chi connectivity index (χ3v) is 5.61. The average Bonchev–Trinajstić information content (AvgIpc) is 3.17. The molecule has 0 aliphatic carbocycles. The lowest BCUT2D eigenvalue weighted by Gasteiger charge is -2.13. The molecule has 7 nitrogen and oxygen atoms in total. The number of thiophene rings is 1. The van der Waals surface area contributed by atoms with Crippen LogP contribution in [0.15, 0.2) is 64.8 Å². The third kappa shape index (κ3) is 3.70. The Kier molecular flexibility index (Phi) is 5.35. The topological polar surface area (TPSA) is 101 Å². The Bertz CT molecular complexity index is 1330. The molecular formula is C21H14ClN3O4S. The van der Waals surface area contributed by atoms with Gasteiger partial charge in [-0.15, -0.1) is 11.3 Å². The molecule has 0 saturated heterocycles. The zero-order valence-electron chi connectivity index (χ0n) is 15.3. The number of fused-ring (bicyclic) bond motifs is 1. The molecule has 0 bridgehead atoms. The van der Waals surface area contributed by atoms with Crippen LogP contribution in [0.2, 0.25) is 5.02 Å². The van der Waals surface area contributed by atoms with Gasteiger partial charge in [-0.2, -0.15) is 0 Å². The standard InChI is InChI=1S/C21H14ClN3O4S/c22-14-8-4-5-9-15(14)23-16(26)10-25-18(12-6-2-1-3-7-12)24-19-17(20(25)27)13(11-30-19)21(28)29/h1-9,11H,10H2,(H,23,26)(H,28,29). The van der Waals surface area contributed by atoms with Crippen molar-refractivity contribution < 1.29 is 14.7 Å². The van der Waals surface area contributed by atoms with Gasteiger partial charge in [0.25, 0.3) is 5.56 Å². The Hall–Kier alpha value is -3.49. The fraction of sp³-hybridized carbons (Fsp3) is 0.0476. The van der Waals surface area contributed by atoms with E-state index in [1.165, 1.54) is 9.95 Å². The van der Waals surface area contributed by atoms with Crippen molar-refractivity contribution in [2.45, 2.75) is 6.54 Å². The van der Waals surface area contributed by atoms with Crippen LogP contribution in [0.4, 0.5) is 5.69 Å². The van der Waals surface area contributed by atoms with Crippen molar-refractivity contribution in [2.24, 2.45) is 0 Å². The maximum absolute atomic E-state index is 13.2. The minimum absolute atomic E-state index is 0.0160. The minimum Gasteiger partial charge on any atom is -0.478 e. The fourth-order valence-electron chi connectivity index (χ4n) is 3.03. The second-order valence-corrected chi connectivity index (χ2v) is 7.62. The normalized spacial score (nSPS) is 10.8. The lowest BCUT2D eigenvalue weighted by atomic mass is 10.2. The molecule has 0 fully saturated rings. The first-order chi connectivity index (χ1) is 14.5. The SMILES string of the molecule is O=C(Cn1c(-c2ccccc2)nc2scc(C(=O)O)c2c1=O)Nc1ccccc1Cl. The number of carboxylic acid groups (broad SMARTS) is 1. The number of anilines is 1. The van der Waals surface area contributed by atoms with Crippen LogP contribution in [0.3, 0.4) is 0 Å². The Morgan fingerprint density at radius 1 is 1.10 bits per heavy atom. The summed E-state index contributed by atoms with van der Waals surface area (Å²) in [6.07, 6.45) is 0. The molecule has 0 radical (unpaired) electrons. The molecule has 9 heteroatoms. The zero-order chi connectivity index (χ0) is 21.3. The van der Waals surface area contributed by atoms with E-state index >= 15 is 0 Å². The Morgan fingerprint density at radius 3 is 2.50 bits per heavy atom. The molecular weight excluding hydrogens is 426 g/mol. The van der Waals surface area contributed by atoms with Crippen LogP contribution in [-0.4, -0.2) is 26.5 Å². The van der Waals surface area contributed by atoms with Gasteiger partial charge in [0, 0.05) is 10.9 Å². The first kappa shape index (κ1) is 19.8. The summed E-state index contributed by atoms with van der Waals surface area (Å²) in [5.41, 5.74) is 0.320. The quantitative estimate of drug-likeness (QED) is 0.487. The van der Waals surface area contributed by atoms with Gasteiger partial charge in [0.05, 0.1) is 21.7 Å². The van der Waals surface area contributed by atoms with Crippen molar-refractivity contribution in [3.8, 4) is 11.4 Å². The highest BCUT2D eigenvalue weighted by molar-refractivity contribution is 7.17. The van der Waals surface area contributed by atoms with Gasteiger partial charge in [0.1, 0.15) is 17.2 Å². The van der Waals surface area contributed by atoms with Crippen LogP contribution in [0.25, 0.3) is 21.6 Å². The Morgan fingerprint density at radius 2 is 1.80 bits per heavy atom. The molecule has 2 aromatic carbocycles. The van der Waals surface area contributed by atoms with Gasteiger partial charge in [-0.3, -0.25) is 14.2 Å². The smallest absolute Gasteiger partial charge is 0.337 e. The first-order valence-corrected chi connectivity index (χ1v) is 10.1. The van der Waals surface area contributed by atoms with Gasteiger partial charge in [-0.05, 0) is 12.1 Å². The van der Waals surface area contributed by atoms with Crippen molar-refractivity contribution in [1.82, 2.24) is 9.55 Å². The second kappa shape index (κ2) is 8.10. The van der Waals surface area contributed by atoms with Crippen LogP contribution in [-0.2, 0) is 11.3 Å². The molecule has 30 heavy (non-hydrogen) atoms. The number of carbonyl (C=O) groups is 2. The molecule has 2 aromatic heterocycles. The van der Waals surface area contributed by atoms with E-state index < -0.39 is 17.4 Å². The lowest BCUT2D eigenvalue weighted by Crippen LogP contribution is -2.30. The van der Waals surface area contributed by atoms with Crippen LogP contribution >= 0.6 is 22.9 Å². The number of halogens is 1. The molecule has 0 aliphatic heterocycles. The number of nitrogens with zero attached hydrogens (tertiary/aromatic N) is 2. The number of carbonyl (C=O) groups excluding carboxylic acids is 1. The molecule has 150 valence electrons. The largest absolute Gasteiger partial charge is 0.478 e. The van der Waals surface area contributed by atoms with Crippen LogP contribution < -0.4 is 10.9 Å². The first-order valence-electron chi connectivity index (χ1n) is 8.81. The Balaban J connectivity index is 1.83. The van der Waals surface area contributed by atoms with Crippen molar-refractivity contribution in [2.75, 3.05) is 5.32 Å². The van der Waals surface area contributed by atoms with Gasteiger partial charge in [0.15, 0.2) is 0 Å².